The molecule has 4 heteroatoms. The molecule has 0 amide bonds. The van der Waals surface area contributed by atoms with Gasteiger partial charge in [0.25, 0.3) is 0 Å². The lowest BCUT2D eigenvalue weighted by molar-refractivity contribution is -0.142. The van der Waals surface area contributed by atoms with E-state index in [0.29, 0.717) is 13.2 Å². The summed E-state index contributed by atoms with van der Waals surface area (Å²) in [7, 11) is 0. The van der Waals surface area contributed by atoms with Crippen molar-refractivity contribution in [3.8, 4) is 0 Å². The van der Waals surface area contributed by atoms with Gasteiger partial charge in [-0.3, -0.25) is 4.79 Å². The van der Waals surface area contributed by atoms with Crippen molar-refractivity contribution >= 4 is 21.9 Å². The summed E-state index contributed by atoms with van der Waals surface area (Å²) in [5.41, 5.74) is 1.14. The first-order chi connectivity index (χ1) is 7.22. The molecule has 1 aromatic carbocycles. The van der Waals surface area contributed by atoms with Crippen LogP contribution in [0.4, 0.5) is 0 Å². The Labute approximate surface area is 97.9 Å². The Balaban J connectivity index is 2.26. The Morgan fingerprint density at radius 3 is 2.67 bits per heavy atom. The van der Waals surface area contributed by atoms with Crippen LogP contribution in [0.5, 0.6) is 0 Å². The molecule has 0 heterocycles. The van der Waals surface area contributed by atoms with Crippen LogP contribution in [0.15, 0.2) is 28.7 Å². The molecule has 82 valence electrons. The van der Waals surface area contributed by atoms with Crippen LogP contribution >= 0.6 is 15.9 Å². The summed E-state index contributed by atoms with van der Waals surface area (Å²) >= 11 is 3.36. The topological polar surface area (TPSA) is 38.3 Å². The van der Waals surface area contributed by atoms with Crippen LogP contribution < -0.4 is 5.32 Å². The molecule has 15 heavy (non-hydrogen) atoms. The number of carbonyl (C=O) groups excluding carboxylic acids is 1. The summed E-state index contributed by atoms with van der Waals surface area (Å²) in [4.78, 5) is 11.0. The highest BCUT2D eigenvalue weighted by Gasteiger charge is 2.00. The lowest BCUT2D eigenvalue weighted by Gasteiger charge is -2.04. The normalized spacial score (nSPS) is 10.0. The van der Waals surface area contributed by atoms with Gasteiger partial charge in [0.2, 0.25) is 0 Å². The summed E-state index contributed by atoms with van der Waals surface area (Å²) in [6, 6.07) is 7.95. The number of benzene rings is 1. The molecule has 0 saturated heterocycles. The molecule has 0 atom stereocenters. The van der Waals surface area contributed by atoms with E-state index in [1.807, 2.05) is 24.3 Å². The Kier molecular flexibility index (Phi) is 5.36. The van der Waals surface area contributed by atoms with Crippen LogP contribution in [0.25, 0.3) is 0 Å². The molecule has 0 aliphatic carbocycles. The van der Waals surface area contributed by atoms with E-state index in [1.165, 1.54) is 0 Å². The number of ether oxygens (including phenoxy) is 1. The second kappa shape index (κ2) is 6.58. The van der Waals surface area contributed by atoms with E-state index in [-0.39, 0.29) is 12.5 Å². The molecule has 0 saturated carbocycles. The fraction of sp³-hybridized carbons (Fsp3) is 0.364. The predicted octanol–water partition coefficient (Wildman–Crippen LogP) is 2.10. The third kappa shape index (κ3) is 4.95. The Hall–Kier alpha value is -0.870. The van der Waals surface area contributed by atoms with Gasteiger partial charge < -0.3 is 10.1 Å². The van der Waals surface area contributed by atoms with Gasteiger partial charge in [0.05, 0.1) is 13.2 Å². The van der Waals surface area contributed by atoms with Crippen molar-refractivity contribution in [2.75, 3.05) is 13.2 Å². The van der Waals surface area contributed by atoms with E-state index < -0.39 is 0 Å². The molecule has 0 unspecified atom stereocenters. The number of hydrogen-bond acceptors (Lipinski definition) is 3. The van der Waals surface area contributed by atoms with Crippen molar-refractivity contribution < 1.29 is 9.53 Å². The number of hydrogen-bond donors (Lipinski definition) is 1. The van der Waals surface area contributed by atoms with Crippen LogP contribution in [-0.4, -0.2) is 19.1 Å². The van der Waals surface area contributed by atoms with Crippen molar-refractivity contribution in [2.24, 2.45) is 0 Å². The molecular formula is C11H14BrNO2. The average molecular weight is 272 g/mol. The quantitative estimate of drug-likeness (QED) is 0.834. The number of rotatable bonds is 5. The van der Waals surface area contributed by atoms with Gasteiger partial charge in [-0.1, -0.05) is 28.1 Å². The zero-order valence-electron chi connectivity index (χ0n) is 8.63. The zero-order valence-corrected chi connectivity index (χ0v) is 10.2. The summed E-state index contributed by atoms with van der Waals surface area (Å²) in [5.74, 6) is -0.213. The van der Waals surface area contributed by atoms with Crippen LogP contribution in [0.2, 0.25) is 0 Å². The van der Waals surface area contributed by atoms with E-state index >= 15 is 0 Å². The first-order valence-electron chi connectivity index (χ1n) is 4.83. The first-order valence-corrected chi connectivity index (χ1v) is 5.62. The van der Waals surface area contributed by atoms with Gasteiger partial charge in [0.15, 0.2) is 0 Å². The van der Waals surface area contributed by atoms with Gasteiger partial charge in [0, 0.05) is 11.0 Å². The van der Waals surface area contributed by atoms with Crippen LogP contribution in [0.1, 0.15) is 12.5 Å². The summed E-state index contributed by atoms with van der Waals surface area (Å²) in [5, 5.41) is 3.02. The smallest absolute Gasteiger partial charge is 0.319 e. The minimum Gasteiger partial charge on any atom is -0.465 e. The maximum Gasteiger partial charge on any atom is 0.319 e. The molecular weight excluding hydrogens is 258 g/mol. The minimum absolute atomic E-state index is 0.213. The second-order valence-electron chi connectivity index (χ2n) is 3.04. The predicted molar refractivity (Wildman–Crippen MR) is 62.5 cm³/mol. The van der Waals surface area contributed by atoms with Gasteiger partial charge in [-0.2, -0.15) is 0 Å². The first kappa shape index (κ1) is 12.2. The average Bonchev–Trinajstić information content (AvgIpc) is 2.21. The molecule has 1 N–H and O–H groups in total. The zero-order chi connectivity index (χ0) is 11.1. The second-order valence-corrected chi connectivity index (χ2v) is 3.95. The molecule has 0 aliphatic heterocycles. The van der Waals surface area contributed by atoms with E-state index in [1.54, 1.807) is 6.92 Å². The molecule has 1 rings (SSSR count). The van der Waals surface area contributed by atoms with E-state index in [0.717, 1.165) is 10.0 Å². The van der Waals surface area contributed by atoms with Crippen molar-refractivity contribution in [3.63, 3.8) is 0 Å². The third-order valence-corrected chi connectivity index (χ3v) is 2.35. The number of carbonyl (C=O) groups is 1. The van der Waals surface area contributed by atoms with Crippen LogP contribution in [0, 0.1) is 0 Å². The van der Waals surface area contributed by atoms with E-state index in [4.69, 9.17) is 4.74 Å². The maximum atomic E-state index is 11.0. The molecule has 0 spiro atoms. The molecule has 3 nitrogen and oxygen atoms in total. The fourth-order valence-electron chi connectivity index (χ4n) is 1.12. The Bertz CT molecular complexity index is 311. The Morgan fingerprint density at radius 2 is 2.07 bits per heavy atom. The highest BCUT2D eigenvalue weighted by atomic mass is 79.9. The largest absolute Gasteiger partial charge is 0.465 e. The lowest BCUT2D eigenvalue weighted by Crippen LogP contribution is -2.24. The summed E-state index contributed by atoms with van der Waals surface area (Å²) in [6.45, 7) is 3.15. The van der Waals surface area contributed by atoms with Gasteiger partial charge in [-0.15, -0.1) is 0 Å². The summed E-state index contributed by atoms with van der Waals surface area (Å²) in [6.07, 6.45) is 0. The van der Waals surface area contributed by atoms with E-state index in [2.05, 4.69) is 21.2 Å². The summed E-state index contributed by atoms with van der Waals surface area (Å²) < 4.78 is 5.84. The molecule has 0 fully saturated rings. The van der Waals surface area contributed by atoms with Gasteiger partial charge in [0.1, 0.15) is 0 Å². The molecule has 0 aliphatic rings. The van der Waals surface area contributed by atoms with Gasteiger partial charge in [-0.05, 0) is 24.6 Å². The Morgan fingerprint density at radius 1 is 1.40 bits per heavy atom. The number of nitrogens with one attached hydrogen (secondary N) is 1. The highest BCUT2D eigenvalue weighted by molar-refractivity contribution is 9.10. The maximum absolute atomic E-state index is 11.0. The molecule has 0 bridgehead atoms. The van der Waals surface area contributed by atoms with Crippen LogP contribution in [0.3, 0.4) is 0 Å². The molecule has 1 aromatic rings. The fourth-order valence-corrected chi connectivity index (χ4v) is 1.39. The van der Waals surface area contributed by atoms with Crippen molar-refractivity contribution in [1.82, 2.24) is 5.32 Å². The monoisotopic (exact) mass is 271 g/mol. The van der Waals surface area contributed by atoms with Gasteiger partial charge >= 0.3 is 5.97 Å². The van der Waals surface area contributed by atoms with Crippen LogP contribution in [-0.2, 0) is 16.1 Å². The molecule has 0 aromatic heterocycles. The third-order valence-electron chi connectivity index (χ3n) is 1.82. The SMILES string of the molecule is CCOC(=O)CNCc1ccc(Br)cc1. The standard InChI is InChI=1S/C11H14BrNO2/c1-2-15-11(14)8-13-7-9-3-5-10(12)6-4-9/h3-6,13H,2,7-8H2,1H3. The lowest BCUT2D eigenvalue weighted by atomic mass is 10.2. The highest BCUT2D eigenvalue weighted by Crippen LogP contribution is 2.09. The molecule has 0 radical (unpaired) electrons. The van der Waals surface area contributed by atoms with Crippen molar-refractivity contribution in [1.29, 1.82) is 0 Å². The van der Waals surface area contributed by atoms with Gasteiger partial charge in [-0.25, -0.2) is 0 Å². The number of halogens is 1. The number of esters is 1. The van der Waals surface area contributed by atoms with Crippen molar-refractivity contribution in [2.45, 2.75) is 13.5 Å². The minimum atomic E-state index is -0.213. The van der Waals surface area contributed by atoms with Crippen molar-refractivity contribution in [3.05, 3.63) is 34.3 Å². The van der Waals surface area contributed by atoms with E-state index in [9.17, 15) is 4.79 Å².